The van der Waals surface area contributed by atoms with Gasteiger partial charge in [0, 0.05) is 26.1 Å². The van der Waals surface area contributed by atoms with Crippen molar-refractivity contribution in [3.05, 3.63) is 23.8 Å². The van der Waals surface area contributed by atoms with Gasteiger partial charge in [-0.1, -0.05) is 0 Å². The first-order valence-corrected chi connectivity index (χ1v) is 8.11. The maximum Gasteiger partial charge on any atom is 0.416 e. The van der Waals surface area contributed by atoms with E-state index < -0.39 is 22.9 Å². The van der Waals surface area contributed by atoms with Crippen LogP contribution >= 0.6 is 11.6 Å². The highest BCUT2D eigenvalue weighted by Crippen LogP contribution is 2.40. The first-order chi connectivity index (χ1) is 11.3. The summed E-state index contributed by atoms with van der Waals surface area (Å²) in [5.74, 6) is -1.06. The van der Waals surface area contributed by atoms with Gasteiger partial charge in [0.05, 0.1) is 22.9 Å². The summed E-state index contributed by atoms with van der Waals surface area (Å²) in [5.41, 5.74) is -0.0115. The van der Waals surface area contributed by atoms with E-state index in [0.717, 1.165) is 38.1 Å². The number of rotatable bonds is 3. The first kappa shape index (κ1) is 17.1. The highest BCUT2D eigenvalue weighted by molar-refractivity contribution is 6.64. The van der Waals surface area contributed by atoms with Gasteiger partial charge in [0.25, 0.3) is 0 Å². The number of halogens is 4. The molecule has 1 aromatic carbocycles. The van der Waals surface area contributed by atoms with E-state index in [-0.39, 0.29) is 24.6 Å². The lowest BCUT2D eigenvalue weighted by Crippen LogP contribution is -2.29. The molecule has 0 spiro atoms. The van der Waals surface area contributed by atoms with E-state index in [9.17, 15) is 22.8 Å². The van der Waals surface area contributed by atoms with Crippen molar-refractivity contribution in [2.75, 3.05) is 29.4 Å². The Morgan fingerprint density at radius 1 is 1.17 bits per heavy atom. The Morgan fingerprint density at radius 3 is 2.38 bits per heavy atom. The highest BCUT2D eigenvalue weighted by Gasteiger charge is 2.38. The van der Waals surface area contributed by atoms with Gasteiger partial charge in [-0.2, -0.15) is 13.2 Å². The zero-order chi connectivity index (χ0) is 17.5. The number of anilines is 2. The molecule has 1 atom stereocenters. The molecule has 2 heterocycles. The standard InChI is InChI=1S/C16H16ClF3N2O2/c17-15(24)10-7-14(23)22(9-10)13-8-11(16(18,19)20)3-4-12(13)21-5-1-2-6-21/h3-4,8,10H,1-2,5-7,9H2/t10-/m0/s1. The molecule has 2 aliphatic heterocycles. The minimum Gasteiger partial charge on any atom is -0.370 e. The van der Waals surface area contributed by atoms with Crippen LogP contribution < -0.4 is 9.80 Å². The fourth-order valence-corrected chi connectivity index (χ4v) is 3.38. The Kier molecular flexibility index (Phi) is 4.46. The summed E-state index contributed by atoms with van der Waals surface area (Å²) in [7, 11) is 0. The number of carbonyl (C=O) groups is 2. The average molecular weight is 361 g/mol. The van der Waals surface area contributed by atoms with Crippen molar-refractivity contribution in [2.24, 2.45) is 5.92 Å². The second-order valence-electron chi connectivity index (χ2n) is 6.10. The van der Waals surface area contributed by atoms with Crippen LogP contribution in [0.25, 0.3) is 0 Å². The van der Waals surface area contributed by atoms with Crippen molar-refractivity contribution in [3.8, 4) is 0 Å². The topological polar surface area (TPSA) is 40.6 Å². The molecular formula is C16H16ClF3N2O2. The summed E-state index contributed by atoms with van der Waals surface area (Å²) in [6, 6.07) is 3.43. The molecule has 0 N–H and O–H groups in total. The molecule has 0 bridgehead atoms. The van der Waals surface area contributed by atoms with Crippen molar-refractivity contribution in [2.45, 2.75) is 25.4 Å². The average Bonchev–Trinajstić information content (AvgIpc) is 3.15. The minimum atomic E-state index is -4.50. The molecule has 0 aromatic heterocycles. The van der Waals surface area contributed by atoms with Crippen LogP contribution in [0.4, 0.5) is 24.5 Å². The molecular weight excluding hydrogens is 345 g/mol. The third kappa shape index (κ3) is 3.22. The molecule has 2 saturated heterocycles. The maximum atomic E-state index is 13.1. The second kappa shape index (κ2) is 6.27. The van der Waals surface area contributed by atoms with Crippen molar-refractivity contribution in [1.82, 2.24) is 0 Å². The molecule has 3 rings (SSSR count). The molecule has 0 saturated carbocycles. The van der Waals surface area contributed by atoms with Gasteiger partial charge in [-0.05, 0) is 42.6 Å². The predicted molar refractivity (Wildman–Crippen MR) is 84.2 cm³/mol. The van der Waals surface area contributed by atoms with Crippen molar-refractivity contribution in [1.29, 1.82) is 0 Å². The van der Waals surface area contributed by atoms with Crippen LogP contribution in [0, 0.1) is 5.92 Å². The van der Waals surface area contributed by atoms with Gasteiger partial charge < -0.3 is 9.80 Å². The van der Waals surface area contributed by atoms with E-state index in [1.54, 1.807) is 0 Å². The number of nitrogens with zero attached hydrogens (tertiary/aromatic N) is 2. The normalized spacial score (nSPS) is 21.7. The van der Waals surface area contributed by atoms with E-state index in [1.807, 2.05) is 4.90 Å². The van der Waals surface area contributed by atoms with Crippen molar-refractivity contribution >= 4 is 34.1 Å². The van der Waals surface area contributed by atoms with Gasteiger partial charge in [-0.3, -0.25) is 9.59 Å². The van der Waals surface area contributed by atoms with Gasteiger partial charge in [0.15, 0.2) is 0 Å². The molecule has 0 unspecified atom stereocenters. The summed E-state index contributed by atoms with van der Waals surface area (Å²) < 4.78 is 39.2. The Hall–Kier alpha value is -1.76. The molecule has 2 fully saturated rings. The zero-order valence-electron chi connectivity index (χ0n) is 12.8. The van der Waals surface area contributed by atoms with Gasteiger partial charge in [0.1, 0.15) is 0 Å². The van der Waals surface area contributed by atoms with Crippen LogP contribution in [-0.4, -0.2) is 30.8 Å². The van der Waals surface area contributed by atoms with E-state index in [1.165, 1.54) is 11.0 Å². The van der Waals surface area contributed by atoms with Crippen LogP contribution in [0.2, 0.25) is 0 Å². The smallest absolute Gasteiger partial charge is 0.370 e. The lowest BCUT2D eigenvalue weighted by Gasteiger charge is -2.27. The fourth-order valence-electron chi connectivity index (χ4n) is 3.23. The van der Waals surface area contributed by atoms with Crippen LogP contribution in [0.1, 0.15) is 24.8 Å². The molecule has 130 valence electrons. The number of alkyl halides is 3. The quantitative estimate of drug-likeness (QED) is 0.775. The molecule has 2 aliphatic rings. The molecule has 8 heteroatoms. The number of hydrogen-bond acceptors (Lipinski definition) is 3. The molecule has 1 amide bonds. The monoisotopic (exact) mass is 360 g/mol. The predicted octanol–water partition coefficient (Wildman–Crippen LogP) is 3.42. The highest BCUT2D eigenvalue weighted by atomic mass is 35.5. The summed E-state index contributed by atoms with van der Waals surface area (Å²) in [6.45, 7) is 1.49. The second-order valence-corrected chi connectivity index (χ2v) is 6.48. The van der Waals surface area contributed by atoms with E-state index in [0.29, 0.717) is 5.69 Å². The number of hydrogen-bond donors (Lipinski definition) is 0. The summed E-state index contributed by atoms with van der Waals surface area (Å²) >= 11 is 5.46. The Bertz CT molecular complexity index is 672. The SMILES string of the molecule is O=C(Cl)[C@H]1CC(=O)N(c2cc(C(F)(F)F)ccc2N2CCCC2)C1. The zero-order valence-corrected chi connectivity index (χ0v) is 13.5. The van der Waals surface area contributed by atoms with Gasteiger partial charge in [-0.15, -0.1) is 0 Å². The summed E-state index contributed by atoms with van der Waals surface area (Å²) in [5, 5.41) is -0.638. The van der Waals surface area contributed by atoms with Crippen LogP contribution in [-0.2, 0) is 15.8 Å². The van der Waals surface area contributed by atoms with Gasteiger partial charge in [0.2, 0.25) is 11.1 Å². The largest absolute Gasteiger partial charge is 0.416 e. The molecule has 24 heavy (non-hydrogen) atoms. The third-order valence-electron chi connectivity index (χ3n) is 4.49. The van der Waals surface area contributed by atoms with Crippen molar-refractivity contribution < 1.29 is 22.8 Å². The maximum absolute atomic E-state index is 13.1. The Morgan fingerprint density at radius 2 is 1.83 bits per heavy atom. The summed E-state index contributed by atoms with van der Waals surface area (Å²) in [6.07, 6.45) is -2.66. The molecule has 1 aromatic rings. The van der Waals surface area contributed by atoms with E-state index in [2.05, 4.69) is 0 Å². The van der Waals surface area contributed by atoms with E-state index >= 15 is 0 Å². The van der Waals surface area contributed by atoms with Crippen molar-refractivity contribution in [3.63, 3.8) is 0 Å². The van der Waals surface area contributed by atoms with Gasteiger partial charge >= 0.3 is 6.18 Å². The lowest BCUT2D eigenvalue weighted by atomic mass is 10.1. The molecule has 0 radical (unpaired) electrons. The van der Waals surface area contributed by atoms with E-state index in [4.69, 9.17) is 11.6 Å². The number of carbonyl (C=O) groups excluding carboxylic acids is 2. The first-order valence-electron chi connectivity index (χ1n) is 7.73. The van der Waals surface area contributed by atoms with Gasteiger partial charge in [-0.25, -0.2) is 0 Å². The van der Waals surface area contributed by atoms with Crippen LogP contribution in [0.3, 0.4) is 0 Å². The number of amides is 1. The Labute approximate surface area is 142 Å². The lowest BCUT2D eigenvalue weighted by molar-refractivity contribution is -0.137. The fraction of sp³-hybridized carbons (Fsp3) is 0.500. The number of benzene rings is 1. The Balaban J connectivity index is 2.02. The molecule has 0 aliphatic carbocycles. The summed E-state index contributed by atoms with van der Waals surface area (Å²) in [4.78, 5) is 26.8. The minimum absolute atomic E-state index is 0.0172. The molecule has 4 nitrogen and oxygen atoms in total. The van der Waals surface area contributed by atoms with Crippen LogP contribution in [0.5, 0.6) is 0 Å². The third-order valence-corrected chi connectivity index (χ3v) is 4.79. The van der Waals surface area contributed by atoms with Crippen LogP contribution in [0.15, 0.2) is 18.2 Å².